The van der Waals surface area contributed by atoms with Gasteiger partial charge in [0.25, 0.3) is 0 Å². The van der Waals surface area contributed by atoms with Gasteiger partial charge in [0.05, 0.1) is 36.1 Å². The van der Waals surface area contributed by atoms with Crippen molar-refractivity contribution < 1.29 is 17.9 Å². The Labute approximate surface area is 180 Å². The standard InChI is InChI=1S/C20H20ClF3N6O/c1-11-6-13(4-5-31-11)30-18(10-26-9-17(29-25)20(22,23)24)28-16-8-27-15-3-2-12(21)7-14(15)19(16)30/h2-3,7-9,11,13H,4-6,10,25H2,1H3/t11-,13?/m1/s1. The molecule has 1 fully saturated rings. The minimum atomic E-state index is -4.68. The van der Waals surface area contributed by atoms with E-state index in [1.807, 2.05) is 23.6 Å². The van der Waals surface area contributed by atoms with Crippen molar-refractivity contribution in [2.45, 2.75) is 44.6 Å². The Morgan fingerprint density at radius 3 is 2.90 bits per heavy atom. The molecule has 11 heteroatoms. The van der Waals surface area contributed by atoms with Crippen LogP contribution in [-0.2, 0) is 11.3 Å². The van der Waals surface area contributed by atoms with E-state index in [0.29, 0.717) is 29.2 Å². The maximum atomic E-state index is 12.9. The van der Waals surface area contributed by atoms with Crippen LogP contribution in [0.1, 0.15) is 31.6 Å². The number of imidazole rings is 1. The first-order chi connectivity index (χ1) is 14.8. The molecule has 7 nitrogen and oxygen atoms in total. The van der Waals surface area contributed by atoms with Crippen LogP contribution in [-0.4, -0.2) is 45.3 Å². The van der Waals surface area contributed by atoms with E-state index in [1.165, 1.54) is 0 Å². The second-order valence-corrected chi connectivity index (χ2v) is 7.83. The van der Waals surface area contributed by atoms with Crippen LogP contribution in [0.15, 0.2) is 34.5 Å². The molecule has 0 spiro atoms. The number of hydrogen-bond donors (Lipinski definition) is 1. The lowest BCUT2D eigenvalue weighted by atomic mass is 10.0. The van der Waals surface area contributed by atoms with Crippen LogP contribution in [0.5, 0.6) is 0 Å². The molecule has 2 atom stereocenters. The first-order valence-electron chi connectivity index (χ1n) is 9.69. The van der Waals surface area contributed by atoms with Crippen LogP contribution < -0.4 is 5.84 Å². The maximum Gasteiger partial charge on any atom is 0.436 e. The Bertz CT molecular complexity index is 1170. The summed E-state index contributed by atoms with van der Waals surface area (Å²) in [5.41, 5.74) is 0.958. The van der Waals surface area contributed by atoms with Gasteiger partial charge in [-0.3, -0.25) is 9.98 Å². The van der Waals surface area contributed by atoms with Crippen molar-refractivity contribution in [3.8, 4) is 0 Å². The van der Waals surface area contributed by atoms with Crippen molar-refractivity contribution >= 4 is 45.5 Å². The third-order valence-electron chi connectivity index (χ3n) is 5.25. The number of halogens is 4. The van der Waals surface area contributed by atoms with Crippen molar-refractivity contribution in [3.05, 3.63) is 35.2 Å². The largest absolute Gasteiger partial charge is 0.436 e. The molecule has 1 aliphatic heterocycles. The number of aromatic nitrogens is 3. The third-order valence-corrected chi connectivity index (χ3v) is 5.48. The third kappa shape index (κ3) is 4.35. The summed E-state index contributed by atoms with van der Waals surface area (Å²) < 4.78 is 46.4. The van der Waals surface area contributed by atoms with Gasteiger partial charge in [-0.05, 0) is 38.0 Å². The van der Waals surface area contributed by atoms with E-state index in [1.54, 1.807) is 12.3 Å². The normalized spacial score (nSPS) is 20.9. The smallest absolute Gasteiger partial charge is 0.378 e. The van der Waals surface area contributed by atoms with Crippen LogP contribution in [0.4, 0.5) is 13.2 Å². The minimum Gasteiger partial charge on any atom is -0.378 e. The summed E-state index contributed by atoms with van der Waals surface area (Å²) in [6.07, 6.45) is -0.861. The van der Waals surface area contributed by atoms with Crippen LogP contribution in [0.25, 0.3) is 21.9 Å². The number of ether oxygens (including phenoxy) is 1. The maximum absolute atomic E-state index is 12.9. The van der Waals surface area contributed by atoms with Crippen molar-refractivity contribution in [1.82, 2.24) is 14.5 Å². The minimum absolute atomic E-state index is 0.0467. The fourth-order valence-corrected chi connectivity index (χ4v) is 4.08. The molecular weight excluding hydrogens is 433 g/mol. The monoisotopic (exact) mass is 452 g/mol. The zero-order chi connectivity index (χ0) is 22.2. The van der Waals surface area contributed by atoms with Crippen molar-refractivity contribution in [2.75, 3.05) is 6.61 Å². The predicted octanol–water partition coefficient (Wildman–Crippen LogP) is 4.43. The summed E-state index contributed by atoms with van der Waals surface area (Å²) in [6.45, 7) is 2.50. The van der Waals surface area contributed by atoms with Crippen LogP contribution >= 0.6 is 11.6 Å². The van der Waals surface area contributed by atoms with Gasteiger partial charge in [0.1, 0.15) is 11.3 Å². The van der Waals surface area contributed by atoms with Crippen molar-refractivity contribution in [1.29, 1.82) is 0 Å². The molecule has 0 bridgehead atoms. The zero-order valence-corrected chi connectivity index (χ0v) is 17.4. The fraction of sp³-hybridized carbons (Fsp3) is 0.400. The van der Waals surface area contributed by atoms with Crippen LogP contribution in [0.2, 0.25) is 5.02 Å². The highest BCUT2D eigenvalue weighted by Gasteiger charge is 2.34. The molecule has 0 saturated carbocycles. The summed E-state index contributed by atoms with van der Waals surface area (Å²) in [4.78, 5) is 13.0. The molecule has 3 heterocycles. The van der Waals surface area contributed by atoms with Gasteiger partial charge in [0.15, 0.2) is 5.71 Å². The number of rotatable bonds is 4. The Balaban J connectivity index is 1.83. The Kier molecular flexibility index (Phi) is 5.85. The molecular formula is C20H20ClF3N6O. The number of aliphatic imine (C=N–C) groups is 1. The van der Waals surface area contributed by atoms with Gasteiger partial charge in [0, 0.05) is 23.1 Å². The predicted molar refractivity (Wildman–Crippen MR) is 114 cm³/mol. The van der Waals surface area contributed by atoms with Gasteiger partial charge < -0.3 is 15.1 Å². The van der Waals surface area contributed by atoms with E-state index in [9.17, 15) is 13.2 Å². The van der Waals surface area contributed by atoms with E-state index < -0.39 is 11.9 Å². The van der Waals surface area contributed by atoms with E-state index in [-0.39, 0.29) is 18.7 Å². The summed E-state index contributed by atoms with van der Waals surface area (Å²) >= 11 is 6.23. The van der Waals surface area contributed by atoms with Gasteiger partial charge in [-0.1, -0.05) is 11.6 Å². The first-order valence-corrected chi connectivity index (χ1v) is 10.1. The summed E-state index contributed by atoms with van der Waals surface area (Å²) in [7, 11) is 0. The zero-order valence-electron chi connectivity index (χ0n) is 16.6. The van der Waals surface area contributed by atoms with E-state index >= 15 is 0 Å². The highest BCUT2D eigenvalue weighted by molar-refractivity contribution is 6.33. The number of hydrazone groups is 1. The molecule has 3 aromatic rings. The number of hydrogen-bond acceptors (Lipinski definition) is 6. The van der Waals surface area contributed by atoms with Crippen LogP contribution in [0.3, 0.4) is 0 Å². The molecule has 31 heavy (non-hydrogen) atoms. The second-order valence-electron chi connectivity index (χ2n) is 7.39. The average Bonchev–Trinajstić information content (AvgIpc) is 3.09. The fourth-order valence-electron chi connectivity index (χ4n) is 3.90. The lowest BCUT2D eigenvalue weighted by Gasteiger charge is -2.30. The number of nitrogens with two attached hydrogens (primary N) is 1. The summed E-state index contributed by atoms with van der Waals surface area (Å²) in [5, 5.41) is 4.16. The van der Waals surface area contributed by atoms with Gasteiger partial charge in [-0.2, -0.15) is 18.3 Å². The van der Waals surface area contributed by atoms with Crippen molar-refractivity contribution in [3.63, 3.8) is 0 Å². The van der Waals surface area contributed by atoms with Gasteiger partial charge >= 0.3 is 6.18 Å². The molecule has 1 unspecified atom stereocenters. The Morgan fingerprint density at radius 1 is 1.39 bits per heavy atom. The van der Waals surface area contributed by atoms with Gasteiger partial charge in [0.2, 0.25) is 0 Å². The molecule has 1 saturated heterocycles. The Morgan fingerprint density at radius 2 is 2.19 bits per heavy atom. The SMILES string of the molecule is C[C@@H]1CC(n2c(CN=CC(=NN)C(F)(F)F)nc3cnc4ccc(Cl)cc4c32)CCO1. The van der Waals surface area contributed by atoms with Gasteiger partial charge in [-0.15, -0.1) is 0 Å². The van der Waals surface area contributed by atoms with Crippen molar-refractivity contribution in [2.24, 2.45) is 15.9 Å². The summed E-state index contributed by atoms with van der Waals surface area (Å²) in [5.74, 6) is 5.39. The lowest BCUT2D eigenvalue weighted by molar-refractivity contribution is -0.0566. The highest BCUT2D eigenvalue weighted by atomic mass is 35.5. The lowest BCUT2D eigenvalue weighted by Crippen LogP contribution is -2.27. The quantitative estimate of drug-likeness (QED) is 0.360. The second kappa shape index (κ2) is 8.43. The molecule has 4 rings (SSSR count). The van der Waals surface area contributed by atoms with E-state index in [2.05, 4.69) is 20.1 Å². The molecule has 164 valence electrons. The number of benzene rings is 1. The first kappa shape index (κ1) is 21.5. The van der Waals surface area contributed by atoms with Gasteiger partial charge in [-0.25, -0.2) is 4.98 Å². The molecule has 0 radical (unpaired) electrons. The topological polar surface area (TPSA) is 90.7 Å². The number of alkyl halides is 3. The van der Waals surface area contributed by atoms with E-state index in [4.69, 9.17) is 22.2 Å². The summed E-state index contributed by atoms with van der Waals surface area (Å²) in [6, 6.07) is 5.46. The number of fused-ring (bicyclic) bond motifs is 3. The Hall–Kier alpha value is -2.72. The molecule has 1 aromatic carbocycles. The molecule has 2 N–H and O–H groups in total. The molecule has 1 aliphatic rings. The van der Waals surface area contributed by atoms with Crippen LogP contribution in [0, 0.1) is 0 Å². The van der Waals surface area contributed by atoms with E-state index in [0.717, 1.165) is 29.3 Å². The average molecular weight is 453 g/mol. The molecule has 2 aromatic heterocycles. The highest BCUT2D eigenvalue weighted by Crippen LogP contribution is 2.34. The molecule has 0 amide bonds. The number of nitrogens with zero attached hydrogens (tertiary/aromatic N) is 5. The molecule has 0 aliphatic carbocycles. The number of pyridine rings is 1.